The minimum Gasteiger partial charge on any atom is -0.356 e. The van der Waals surface area contributed by atoms with Gasteiger partial charge in [-0.1, -0.05) is 0 Å². The van der Waals surface area contributed by atoms with E-state index < -0.39 is 11.7 Å². The van der Waals surface area contributed by atoms with Crippen LogP contribution < -0.4 is 4.90 Å². The van der Waals surface area contributed by atoms with Crippen LogP contribution in [0.25, 0.3) is 0 Å². The molecule has 1 aromatic rings. The van der Waals surface area contributed by atoms with Crippen molar-refractivity contribution in [2.45, 2.75) is 19.0 Å². The highest BCUT2D eigenvalue weighted by Crippen LogP contribution is 2.35. The Hall–Kier alpha value is -1.26. The molecule has 1 atom stereocenters. The molecule has 0 aromatic carbocycles. The van der Waals surface area contributed by atoms with Crippen molar-refractivity contribution < 1.29 is 14.5 Å². The Morgan fingerprint density at radius 3 is 2.80 bits per heavy atom. The van der Waals surface area contributed by atoms with E-state index >= 15 is 0 Å². The van der Waals surface area contributed by atoms with E-state index in [2.05, 4.69) is 4.98 Å². The van der Waals surface area contributed by atoms with Gasteiger partial charge in [0.1, 0.15) is 5.82 Å². The highest BCUT2D eigenvalue weighted by atomic mass is 19.4. The summed E-state index contributed by atoms with van der Waals surface area (Å²) in [6.07, 6.45) is -2.76. The van der Waals surface area contributed by atoms with Crippen molar-refractivity contribution in [3.8, 4) is 0 Å². The minimum atomic E-state index is -4.39. The Bertz CT molecular complexity index is 381. The fraction of sp³-hybridized carbons (Fsp3) is 0.500. The van der Waals surface area contributed by atoms with Crippen molar-refractivity contribution in [2.24, 2.45) is 0 Å². The molecule has 0 unspecified atom stereocenters. The number of alkyl halides is 3. The predicted octanol–water partition coefficient (Wildman–Crippen LogP) is 2.70. The molecule has 1 fully saturated rings. The Morgan fingerprint density at radius 2 is 2.20 bits per heavy atom. The van der Waals surface area contributed by atoms with Crippen LogP contribution in [0.15, 0.2) is 18.3 Å². The van der Waals surface area contributed by atoms with E-state index in [9.17, 15) is 13.2 Å². The molecule has 0 amide bonds. The Kier molecular flexibility index (Phi) is 2.23. The summed E-state index contributed by atoms with van der Waals surface area (Å²) in [6, 6.07) is 2.31. The third-order valence-corrected chi connectivity index (χ3v) is 2.34. The summed E-state index contributed by atoms with van der Waals surface area (Å²) < 4.78 is 45.5. The van der Waals surface area contributed by atoms with Crippen LogP contribution in [0.1, 0.15) is 19.8 Å². The van der Waals surface area contributed by atoms with E-state index in [-0.39, 0.29) is 12.2 Å². The van der Waals surface area contributed by atoms with Gasteiger partial charge in [-0.2, -0.15) is 13.2 Å². The second-order valence-corrected chi connectivity index (χ2v) is 3.40. The maximum Gasteiger partial charge on any atom is 0.419 e. The van der Waals surface area contributed by atoms with Crippen LogP contribution in [0.4, 0.5) is 19.0 Å². The molecule has 0 saturated carbocycles. The molecule has 0 N–H and O–H groups in total. The van der Waals surface area contributed by atoms with Crippen molar-refractivity contribution in [1.29, 1.82) is 0 Å². The number of hydrogen-bond acceptors (Lipinski definition) is 2. The summed E-state index contributed by atoms with van der Waals surface area (Å²) in [7, 11) is 0. The average molecular weight is 217 g/mol. The number of hydrogen-bond donors (Lipinski definition) is 0. The molecule has 82 valence electrons. The molecule has 1 aliphatic heterocycles. The fourth-order valence-electron chi connectivity index (χ4n) is 1.65. The first-order valence-corrected chi connectivity index (χ1v) is 4.68. The maximum atomic E-state index is 12.7. The maximum absolute atomic E-state index is 12.7. The molecular formula is C10H11F3N2. The van der Waals surface area contributed by atoms with Gasteiger partial charge in [0, 0.05) is 20.7 Å². The van der Waals surface area contributed by atoms with Crippen LogP contribution in [0.2, 0.25) is 0 Å². The van der Waals surface area contributed by atoms with Gasteiger partial charge in [-0.15, -0.1) is 0 Å². The summed E-state index contributed by atoms with van der Waals surface area (Å²) in [4.78, 5) is 5.31. The number of anilines is 1. The molecule has 0 radical (unpaired) electrons. The topological polar surface area (TPSA) is 16.1 Å². The number of aromatic nitrogens is 1. The van der Waals surface area contributed by atoms with Crippen molar-refractivity contribution in [2.75, 3.05) is 18.0 Å². The van der Waals surface area contributed by atoms with Crippen LogP contribution in [0.5, 0.6) is 0 Å². The van der Waals surface area contributed by atoms with E-state index in [0.29, 0.717) is 19.5 Å². The molecule has 2 rings (SSSR count). The first kappa shape index (κ1) is 9.00. The fourth-order valence-corrected chi connectivity index (χ4v) is 1.65. The third-order valence-electron chi connectivity index (χ3n) is 2.34. The van der Waals surface area contributed by atoms with Gasteiger partial charge in [-0.3, -0.25) is 0 Å². The molecule has 2 heterocycles. The van der Waals surface area contributed by atoms with Gasteiger partial charge in [0.15, 0.2) is 0 Å². The second-order valence-electron chi connectivity index (χ2n) is 3.40. The third kappa shape index (κ3) is 2.06. The lowest BCUT2D eigenvalue weighted by molar-refractivity contribution is -0.137. The Balaban J connectivity index is 2.34. The van der Waals surface area contributed by atoms with Crippen molar-refractivity contribution in [3.05, 3.63) is 23.9 Å². The monoisotopic (exact) mass is 217 g/mol. The lowest BCUT2D eigenvalue weighted by atomic mass is 10.2. The van der Waals surface area contributed by atoms with E-state index in [1.807, 2.05) is 0 Å². The van der Waals surface area contributed by atoms with Crippen LogP contribution in [-0.2, 0) is 6.18 Å². The van der Waals surface area contributed by atoms with Gasteiger partial charge in [0.2, 0.25) is 0 Å². The largest absolute Gasteiger partial charge is 0.419 e. The van der Waals surface area contributed by atoms with E-state index in [4.69, 9.17) is 1.37 Å². The number of halogens is 3. The zero-order valence-corrected chi connectivity index (χ0v) is 7.96. The minimum absolute atomic E-state index is 0.0512. The second kappa shape index (κ2) is 3.72. The van der Waals surface area contributed by atoms with Gasteiger partial charge in [-0.05, 0) is 25.0 Å². The normalized spacial score (nSPS) is 23.0. The SMILES string of the molecule is [2H][C@@H]1CCN(c2ncccc2C(F)(F)F)C1. The van der Waals surface area contributed by atoms with Gasteiger partial charge >= 0.3 is 6.18 Å². The molecule has 0 bridgehead atoms. The summed E-state index contributed by atoms with van der Waals surface area (Å²) in [5.41, 5.74) is -0.718. The number of pyridine rings is 1. The lowest BCUT2D eigenvalue weighted by Crippen LogP contribution is -2.23. The average Bonchev–Trinajstić information content (AvgIpc) is 2.64. The van der Waals surface area contributed by atoms with E-state index in [0.717, 1.165) is 6.07 Å². The lowest BCUT2D eigenvalue weighted by Gasteiger charge is -2.20. The van der Waals surface area contributed by atoms with Gasteiger partial charge in [0.05, 0.1) is 5.56 Å². The Morgan fingerprint density at radius 1 is 1.40 bits per heavy atom. The first-order chi connectivity index (χ1) is 7.48. The highest BCUT2D eigenvalue weighted by Gasteiger charge is 2.35. The summed E-state index contributed by atoms with van der Waals surface area (Å²) in [6.45, 7) is 0.786. The van der Waals surface area contributed by atoms with Crippen LogP contribution in [0.3, 0.4) is 0 Å². The van der Waals surface area contributed by atoms with Crippen LogP contribution in [0, 0.1) is 0 Å². The summed E-state index contributed by atoms with van der Waals surface area (Å²) in [5.74, 6) is -0.0512. The zero-order chi connectivity index (χ0) is 11.8. The summed E-state index contributed by atoms with van der Waals surface area (Å²) in [5, 5.41) is 0. The van der Waals surface area contributed by atoms with E-state index in [1.54, 1.807) is 0 Å². The molecule has 1 aromatic heterocycles. The van der Waals surface area contributed by atoms with Crippen molar-refractivity contribution in [3.63, 3.8) is 0 Å². The predicted molar refractivity (Wildman–Crippen MR) is 50.7 cm³/mol. The molecule has 5 heteroatoms. The molecule has 15 heavy (non-hydrogen) atoms. The van der Waals surface area contributed by atoms with Gasteiger partial charge < -0.3 is 4.90 Å². The molecule has 1 saturated heterocycles. The first-order valence-electron chi connectivity index (χ1n) is 5.25. The highest BCUT2D eigenvalue weighted by molar-refractivity contribution is 5.48. The quantitative estimate of drug-likeness (QED) is 0.719. The number of rotatable bonds is 1. The van der Waals surface area contributed by atoms with E-state index in [1.165, 1.54) is 17.2 Å². The molecular weight excluding hydrogens is 205 g/mol. The van der Waals surface area contributed by atoms with Crippen LogP contribution in [-0.4, -0.2) is 18.1 Å². The molecule has 0 aliphatic carbocycles. The van der Waals surface area contributed by atoms with Crippen molar-refractivity contribution in [1.82, 2.24) is 4.98 Å². The molecule has 0 spiro atoms. The van der Waals surface area contributed by atoms with Crippen LogP contribution >= 0.6 is 0 Å². The van der Waals surface area contributed by atoms with Crippen molar-refractivity contribution >= 4 is 5.82 Å². The van der Waals surface area contributed by atoms with Gasteiger partial charge in [0.25, 0.3) is 0 Å². The standard InChI is InChI=1S/C10H11F3N2/c11-10(12,13)8-4-3-5-14-9(8)15-6-1-2-7-15/h3-5H,1-2,6-7H2/i1D/t1-/m1/s1. The number of nitrogens with zero attached hydrogens (tertiary/aromatic N) is 2. The smallest absolute Gasteiger partial charge is 0.356 e. The zero-order valence-electron chi connectivity index (χ0n) is 8.96. The molecule has 1 aliphatic rings. The molecule has 2 nitrogen and oxygen atoms in total. The van der Waals surface area contributed by atoms with Gasteiger partial charge in [-0.25, -0.2) is 4.98 Å². The Labute approximate surface area is 87.1 Å². The summed E-state index contributed by atoms with van der Waals surface area (Å²) >= 11 is 0.